The van der Waals surface area contributed by atoms with Gasteiger partial charge < -0.3 is 9.47 Å². The fraction of sp³-hybridized carbons (Fsp3) is 0.419. The van der Waals surface area contributed by atoms with Crippen LogP contribution in [0.4, 0.5) is 0 Å². The van der Waals surface area contributed by atoms with E-state index in [0.29, 0.717) is 43.4 Å². The Morgan fingerprint density at radius 1 is 0.829 bits per heavy atom. The number of benzene rings is 2. The van der Waals surface area contributed by atoms with Crippen LogP contribution < -0.4 is 4.74 Å². The summed E-state index contributed by atoms with van der Waals surface area (Å²) in [7, 11) is 0. The quantitative estimate of drug-likeness (QED) is 0.484. The molecule has 0 N–H and O–H groups in total. The average Bonchev–Trinajstić information content (AvgIpc) is 2.76. The first-order chi connectivity index (χ1) is 16.5. The largest absolute Gasteiger partial charge is 0.489 e. The first kappa shape index (κ1) is 23.6. The third-order valence-electron chi connectivity index (χ3n) is 7.30. The Hall–Kier alpha value is -3.14. The van der Waals surface area contributed by atoms with Crippen molar-refractivity contribution in [3.8, 4) is 5.75 Å². The van der Waals surface area contributed by atoms with E-state index in [-0.39, 0.29) is 22.4 Å². The van der Waals surface area contributed by atoms with E-state index < -0.39 is 5.92 Å². The van der Waals surface area contributed by atoms with Gasteiger partial charge in [0.25, 0.3) is 0 Å². The van der Waals surface area contributed by atoms with Crippen molar-refractivity contribution in [1.29, 1.82) is 0 Å². The molecule has 0 spiro atoms. The van der Waals surface area contributed by atoms with Crippen LogP contribution in [0.1, 0.15) is 76.0 Å². The highest BCUT2D eigenvalue weighted by Crippen LogP contribution is 2.53. The maximum absolute atomic E-state index is 13.5. The molecule has 2 aromatic carbocycles. The second-order valence-corrected chi connectivity index (χ2v) is 11.9. The summed E-state index contributed by atoms with van der Waals surface area (Å²) in [5.41, 5.74) is 4.22. The van der Waals surface area contributed by atoms with Crippen LogP contribution in [-0.4, -0.2) is 11.6 Å². The van der Waals surface area contributed by atoms with E-state index >= 15 is 0 Å². The standard InChI is InChI=1S/C31H34O4/c1-19-9-11-20(12-10-19)18-34-22-8-6-7-21(13-22)27-28-23(32)14-30(2,3)16-25(28)35-26-17-31(4,5)15-24(33)29(26)27/h6-13,27H,14-18H2,1-5H3. The predicted octanol–water partition coefficient (Wildman–Crippen LogP) is 6.97. The van der Waals surface area contributed by atoms with Crippen molar-refractivity contribution in [2.45, 2.75) is 72.8 Å². The van der Waals surface area contributed by atoms with Crippen LogP contribution in [0.2, 0.25) is 0 Å². The molecule has 1 aliphatic heterocycles. The highest BCUT2D eigenvalue weighted by molar-refractivity contribution is 6.06. The fourth-order valence-corrected chi connectivity index (χ4v) is 5.64. The molecule has 3 aliphatic rings. The maximum Gasteiger partial charge on any atom is 0.163 e. The van der Waals surface area contributed by atoms with Gasteiger partial charge in [0.15, 0.2) is 11.6 Å². The van der Waals surface area contributed by atoms with Gasteiger partial charge in [0, 0.05) is 42.7 Å². The summed E-state index contributed by atoms with van der Waals surface area (Å²) in [6, 6.07) is 16.2. The number of Topliss-reactive ketones (excluding diaryl/α,β-unsaturated/α-hetero) is 2. The number of hydrogen-bond donors (Lipinski definition) is 0. The van der Waals surface area contributed by atoms with Gasteiger partial charge in [-0.2, -0.15) is 0 Å². The van der Waals surface area contributed by atoms with Gasteiger partial charge in [-0.3, -0.25) is 9.59 Å². The Bertz CT molecular complexity index is 1210. The molecule has 0 atom stereocenters. The summed E-state index contributed by atoms with van der Waals surface area (Å²) in [4.78, 5) is 26.9. The molecule has 5 rings (SSSR count). The number of aryl methyl sites for hydroxylation is 1. The van der Waals surface area contributed by atoms with E-state index in [4.69, 9.17) is 9.47 Å². The molecule has 182 valence electrons. The van der Waals surface area contributed by atoms with Crippen LogP contribution in [-0.2, 0) is 20.9 Å². The lowest BCUT2D eigenvalue weighted by molar-refractivity contribution is -0.120. The number of carbonyl (C=O) groups is 2. The van der Waals surface area contributed by atoms with E-state index in [1.165, 1.54) is 5.56 Å². The van der Waals surface area contributed by atoms with Gasteiger partial charge in [0.2, 0.25) is 0 Å². The third kappa shape index (κ3) is 4.71. The number of carbonyl (C=O) groups excluding carboxylic acids is 2. The number of ether oxygens (including phenoxy) is 2. The molecule has 35 heavy (non-hydrogen) atoms. The summed E-state index contributed by atoms with van der Waals surface area (Å²) in [5.74, 6) is 1.97. The van der Waals surface area contributed by atoms with Crippen molar-refractivity contribution in [1.82, 2.24) is 0 Å². The van der Waals surface area contributed by atoms with Gasteiger partial charge in [-0.05, 0) is 41.0 Å². The molecule has 0 saturated carbocycles. The number of ketones is 2. The molecule has 0 radical (unpaired) electrons. The second-order valence-electron chi connectivity index (χ2n) is 11.9. The molecule has 4 nitrogen and oxygen atoms in total. The highest BCUT2D eigenvalue weighted by Gasteiger charge is 2.47. The normalized spacial score (nSPS) is 21.4. The molecule has 0 saturated heterocycles. The van der Waals surface area contributed by atoms with E-state index in [9.17, 15) is 9.59 Å². The van der Waals surface area contributed by atoms with E-state index in [1.807, 2.05) is 24.3 Å². The number of hydrogen-bond acceptors (Lipinski definition) is 4. The average molecular weight is 471 g/mol. The van der Waals surface area contributed by atoms with E-state index in [1.54, 1.807) is 0 Å². The van der Waals surface area contributed by atoms with Crippen LogP contribution >= 0.6 is 0 Å². The Balaban J connectivity index is 1.54. The van der Waals surface area contributed by atoms with Gasteiger partial charge >= 0.3 is 0 Å². The molecular weight excluding hydrogens is 436 g/mol. The lowest BCUT2D eigenvalue weighted by Gasteiger charge is -2.42. The van der Waals surface area contributed by atoms with Crippen molar-refractivity contribution in [2.75, 3.05) is 0 Å². The molecule has 2 aromatic rings. The van der Waals surface area contributed by atoms with Crippen molar-refractivity contribution < 1.29 is 19.1 Å². The van der Waals surface area contributed by atoms with Crippen LogP contribution in [0.25, 0.3) is 0 Å². The molecule has 0 aromatic heterocycles. The molecule has 0 bridgehead atoms. The smallest absolute Gasteiger partial charge is 0.163 e. The maximum atomic E-state index is 13.5. The zero-order valence-corrected chi connectivity index (χ0v) is 21.4. The molecule has 1 heterocycles. The van der Waals surface area contributed by atoms with Gasteiger partial charge in [-0.1, -0.05) is 69.7 Å². The second kappa shape index (κ2) is 8.51. The van der Waals surface area contributed by atoms with E-state index in [0.717, 1.165) is 28.4 Å². The number of rotatable bonds is 4. The SMILES string of the molecule is Cc1ccc(COc2cccc(C3C4=C(CC(C)(C)CC4=O)OC4=C3C(=O)CC(C)(C)C4)c2)cc1. The van der Waals surface area contributed by atoms with Crippen LogP contribution in [0.5, 0.6) is 5.75 Å². The van der Waals surface area contributed by atoms with Crippen LogP contribution in [0.15, 0.2) is 71.2 Å². The number of allylic oxidation sites excluding steroid dienone is 4. The van der Waals surface area contributed by atoms with Crippen molar-refractivity contribution in [3.05, 3.63) is 87.9 Å². The zero-order valence-electron chi connectivity index (χ0n) is 21.4. The lowest BCUT2D eigenvalue weighted by atomic mass is 9.65. The summed E-state index contributed by atoms with van der Waals surface area (Å²) >= 11 is 0. The predicted molar refractivity (Wildman–Crippen MR) is 136 cm³/mol. The minimum atomic E-state index is -0.399. The van der Waals surface area contributed by atoms with Crippen molar-refractivity contribution in [3.63, 3.8) is 0 Å². The van der Waals surface area contributed by atoms with Crippen LogP contribution in [0.3, 0.4) is 0 Å². The Kier molecular flexibility index (Phi) is 5.74. The summed E-state index contributed by atoms with van der Waals surface area (Å²) in [6.45, 7) is 10.9. The fourth-order valence-electron chi connectivity index (χ4n) is 5.64. The highest BCUT2D eigenvalue weighted by atomic mass is 16.5. The first-order valence-corrected chi connectivity index (χ1v) is 12.5. The van der Waals surface area contributed by atoms with Gasteiger partial charge in [-0.25, -0.2) is 0 Å². The van der Waals surface area contributed by atoms with Gasteiger partial charge in [0.1, 0.15) is 23.9 Å². The molecular formula is C31H34O4. The van der Waals surface area contributed by atoms with Crippen LogP contribution in [0, 0.1) is 17.8 Å². The summed E-state index contributed by atoms with van der Waals surface area (Å²) < 4.78 is 12.5. The molecule has 4 heteroatoms. The van der Waals surface area contributed by atoms with Crippen molar-refractivity contribution in [2.24, 2.45) is 10.8 Å². The zero-order chi connectivity index (χ0) is 25.0. The summed E-state index contributed by atoms with van der Waals surface area (Å²) in [6.07, 6.45) is 2.30. The van der Waals surface area contributed by atoms with Gasteiger partial charge in [0.05, 0.1) is 0 Å². The molecule has 2 aliphatic carbocycles. The minimum Gasteiger partial charge on any atom is -0.489 e. The Labute approximate surface area is 208 Å². The molecule has 0 amide bonds. The first-order valence-electron chi connectivity index (χ1n) is 12.5. The Morgan fingerprint density at radius 3 is 1.97 bits per heavy atom. The minimum absolute atomic E-state index is 0.0800. The molecule has 0 fully saturated rings. The molecule has 0 unspecified atom stereocenters. The van der Waals surface area contributed by atoms with Crippen molar-refractivity contribution >= 4 is 11.6 Å². The Morgan fingerprint density at radius 2 is 1.40 bits per heavy atom. The topological polar surface area (TPSA) is 52.6 Å². The third-order valence-corrected chi connectivity index (χ3v) is 7.30. The lowest BCUT2D eigenvalue weighted by Crippen LogP contribution is -2.37. The van der Waals surface area contributed by atoms with Gasteiger partial charge in [-0.15, -0.1) is 0 Å². The van der Waals surface area contributed by atoms with E-state index in [2.05, 4.69) is 58.9 Å². The monoisotopic (exact) mass is 470 g/mol. The summed E-state index contributed by atoms with van der Waals surface area (Å²) in [5, 5.41) is 0.